The van der Waals surface area contributed by atoms with E-state index in [1.54, 1.807) is 0 Å². The van der Waals surface area contributed by atoms with Crippen LogP contribution in [0.4, 0.5) is 7.77 Å². The van der Waals surface area contributed by atoms with E-state index in [9.17, 15) is 7.77 Å². The monoisotopic (exact) mass is 416 g/mol. The molecule has 0 aromatic rings. The van der Waals surface area contributed by atoms with Gasteiger partial charge in [-0.1, -0.05) is 0 Å². The van der Waals surface area contributed by atoms with Crippen LogP contribution in [0.3, 0.4) is 0 Å². The third kappa shape index (κ3) is 14.4. The first-order chi connectivity index (χ1) is 11.9. The minimum atomic E-state index is -5.42. The Bertz CT molecular complexity index is 702. The Morgan fingerprint density at radius 3 is 1.50 bits per heavy atom. The van der Waals surface area contributed by atoms with E-state index >= 15 is 0 Å². The topological polar surface area (TPSA) is 166 Å². The van der Waals surface area contributed by atoms with Crippen molar-refractivity contribution in [3.8, 4) is 0 Å². The maximum absolute atomic E-state index is 10.1. The van der Waals surface area contributed by atoms with Gasteiger partial charge in [-0.25, -0.2) is 26.8 Å². The van der Waals surface area contributed by atoms with Crippen LogP contribution in [0, 0.1) is 0 Å². The van der Waals surface area contributed by atoms with Crippen LogP contribution in [0.15, 0.2) is 24.6 Å². The third-order valence-electron chi connectivity index (χ3n) is 3.21. The summed E-state index contributed by atoms with van der Waals surface area (Å²) in [5.41, 5.74) is 0. The lowest BCUT2D eigenvalue weighted by Gasteiger charge is -1.98. The Morgan fingerprint density at radius 2 is 1.15 bits per heavy atom. The molecule has 4 atom stereocenters. The van der Waals surface area contributed by atoms with Gasteiger partial charge in [0, 0.05) is 36.6 Å². The molecule has 0 unspecified atom stereocenters. The molecular formula is C12H18F2N4O6S2. The van der Waals surface area contributed by atoms with Gasteiger partial charge in [0.25, 0.3) is 21.0 Å². The first kappa shape index (κ1) is 22.1. The zero-order valence-corrected chi connectivity index (χ0v) is 14.8. The lowest BCUT2D eigenvalue weighted by Crippen LogP contribution is -2.81. The fraction of sp³-hybridized carbons (Fsp3) is 0.500. The minimum Gasteiger partial charge on any atom is -0.722 e. The Hall–Kier alpha value is -1.90. The van der Waals surface area contributed by atoms with Gasteiger partial charge < -0.3 is 19.7 Å². The lowest BCUT2D eigenvalue weighted by molar-refractivity contribution is -0.536. The van der Waals surface area contributed by atoms with Crippen LogP contribution in [0.5, 0.6) is 0 Å². The van der Waals surface area contributed by atoms with E-state index in [0.29, 0.717) is 24.2 Å². The van der Waals surface area contributed by atoms with Crippen LogP contribution in [-0.2, 0) is 21.0 Å². The molecule has 14 heteroatoms. The molecule has 2 aliphatic carbocycles. The number of hydrogen-bond donors (Lipinski definition) is 4. The highest BCUT2D eigenvalue weighted by Crippen LogP contribution is 2.20. The van der Waals surface area contributed by atoms with Crippen molar-refractivity contribution < 1.29 is 43.7 Å². The summed E-state index contributed by atoms with van der Waals surface area (Å²) in [7, 11) is -10.8. The van der Waals surface area contributed by atoms with Crippen molar-refractivity contribution in [1.82, 2.24) is 10.6 Å². The standard InChI is InChI=1S/C12H16N4.2FHO3S/c1-3-13-9-7-11(9)15-5-2-6-16-12-8-10(12)14-4-1;2*1-5(2,3)4/h1-6,9-13,15H,7-8H2;2*(H,2,3,4)/b3-1+,5-2+,14-4?,16-6?;;/t9-,10+,11-,12+;;/m0../s1. The zero-order valence-electron chi connectivity index (χ0n) is 13.2. The number of halogens is 2. The molecule has 0 bridgehead atoms. The van der Waals surface area contributed by atoms with E-state index in [1.807, 2.05) is 37.0 Å². The van der Waals surface area contributed by atoms with Crippen molar-refractivity contribution in [3.05, 3.63) is 24.6 Å². The van der Waals surface area contributed by atoms with Gasteiger partial charge in [0.1, 0.15) is 0 Å². The molecule has 0 saturated heterocycles. The molecule has 148 valence electrons. The van der Waals surface area contributed by atoms with Crippen LogP contribution in [-0.4, -0.2) is 62.5 Å². The average Bonchev–Trinajstić information content (AvgIpc) is 3.32. The van der Waals surface area contributed by atoms with Crippen molar-refractivity contribution >= 4 is 33.4 Å². The van der Waals surface area contributed by atoms with Crippen LogP contribution < -0.4 is 20.6 Å². The molecule has 1 aliphatic heterocycles. The van der Waals surface area contributed by atoms with Crippen molar-refractivity contribution in [2.75, 3.05) is 0 Å². The van der Waals surface area contributed by atoms with Crippen LogP contribution in [0.2, 0.25) is 0 Å². The van der Waals surface area contributed by atoms with Gasteiger partial charge in [0.2, 0.25) is 12.1 Å². The molecule has 26 heavy (non-hydrogen) atoms. The van der Waals surface area contributed by atoms with Crippen molar-refractivity contribution in [3.63, 3.8) is 0 Å². The highest BCUT2D eigenvalue weighted by molar-refractivity contribution is 7.80. The number of nitrogens with one attached hydrogen (secondary N) is 4. The molecule has 2 saturated carbocycles. The second kappa shape index (κ2) is 9.70. The van der Waals surface area contributed by atoms with Crippen LogP contribution in [0.25, 0.3) is 0 Å². The van der Waals surface area contributed by atoms with Crippen LogP contribution >= 0.6 is 0 Å². The van der Waals surface area contributed by atoms with Gasteiger partial charge >= 0.3 is 0 Å². The molecule has 10 nitrogen and oxygen atoms in total. The predicted octanol–water partition coefficient (Wildman–Crippen LogP) is -4.38. The van der Waals surface area contributed by atoms with Gasteiger partial charge in [-0.2, -0.15) is 0 Å². The fourth-order valence-electron chi connectivity index (χ4n) is 1.94. The van der Waals surface area contributed by atoms with E-state index in [1.165, 1.54) is 12.8 Å². The maximum Gasteiger partial charge on any atom is 0.255 e. The summed E-state index contributed by atoms with van der Waals surface area (Å²) < 4.78 is 70.7. The Kier molecular flexibility index (Phi) is 8.26. The summed E-state index contributed by atoms with van der Waals surface area (Å²) in [6.07, 6.45) is 14.5. The fourth-order valence-corrected chi connectivity index (χ4v) is 1.94. The maximum atomic E-state index is 10.1. The smallest absolute Gasteiger partial charge is 0.255 e. The zero-order chi connectivity index (χ0) is 19.8. The van der Waals surface area contributed by atoms with Crippen molar-refractivity contribution in [2.45, 2.75) is 37.0 Å². The summed E-state index contributed by atoms with van der Waals surface area (Å²) in [6.45, 7) is 0. The number of fused-ring (bicyclic) bond motifs is 2. The highest BCUT2D eigenvalue weighted by Gasteiger charge is 2.47. The Labute approximate surface area is 149 Å². The molecule has 1 heterocycles. The molecular weight excluding hydrogens is 398 g/mol. The largest absolute Gasteiger partial charge is 0.722 e. The molecule has 2 fully saturated rings. The second-order valence-corrected chi connectivity index (χ2v) is 6.97. The molecule has 0 amide bonds. The summed E-state index contributed by atoms with van der Waals surface area (Å²) in [4.78, 5) is 6.73. The Morgan fingerprint density at radius 1 is 0.808 bits per heavy atom. The molecule has 0 spiro atoms. The van der Waals surface area contributed by atoms with Gasteiger partial charge in [0.05, 0.1) is 6.42 Å². The molecule has 3 aliphatic rings. The normalized spacial score (nSPS) is 31.5. The van der Waals surface area contributed by atoms with E-state index in [0.717, 1.165) is 0 Å². The predicted molar refractivity (Wildman–Crippen MR) is 84.6 cm³/mol. The molecule has 0 radical (unpaired) electrons. The molecule has 0 aromatic carbocycles. The summed E-state index contributed by atoms with van der Waals surface area (Å²) in [5, 5.41) is 6.73. The second-order valence-electron chi connectivity index (χ2n) is 5.40. The van der Waals surface area contributed by atoms with Gasteiger partial charge in [-0.3, -0.25) is 0 Å². The molecule has 3 rings (SSSR count). The average molecular weight is 416 g/mol. The van der Waals surface area contributed by atoms with E-state index in [-0.39, 0.29) is 0 Å². The summed E-state index contributed by atoms with van der Waals surface area (Å²) in [6, 6.07) is 2.33. The third-order valence-corrected chi connectivity index (χ3v) is 3.21. The first-order valence-corrected chi connectivity index (χ1v) is 9.87. The van der Waals surface area contributed by atoms with Crippen molar-refractivity contribution in [1.29, 1.82) is 0 Å². The number of hydrogen-bond acceptors (Lipinski definition) is 8. The van der Waals surface area contributed by atoms with Gasteiger partial charge in [0.15, 0.2) is 12.4 Å². The van der Waals surface area contributed by atoms with Gasteiger partial charge in [-0.15, -0.1) is 7.77 Å². The first-order valence-electron chi connectivity index (χ1n) is 7.25. The Balaban J connectivity index is 0.000000284. The molecule has 0 aromatic heterocycles. The van der Waals surface area contributed by atoms with E-state index in [2.05, 4.69) is 20.6 Å². The summed E-state index contributed by atoms with van der Waals surface area (Å²) in [5.74, 6) is 0. The van der Waals surface area contributed by atoms with Crippen LogP contribution in [0.1, 0.15) is 12.8 Å². The van der Waals surface area contributed by atoms with E-state index in [4.69, 9.17) is 25.9 Å². The lowest BCUT2D eigenvalue weighted by atomic mass is 10.5. The summed E-state index contributed by atoms with van der Waals surface area (Å²) >= 11 is 0. The molecule has 4 N–H and O–H groups in total. The SMILES string of the molecule is C1=[NH+][C@@H]2C[C@H]2[NH+]=C/C=C/N[C@H]2C[C@@H]2N/C=C/1.O=S(=O)([O-])F.O=S(=O)([O-])F. The van der Waals surface area contributed by atoms with Gasteiger partial charge in [-0.05, 0) is 6.42 Å². The van der Waals surface area contributed by atoms with Crippen molar-refractivity contribution in [2.24, 2.45) is 0 Å². The minimum absolute atomic E-state index is 0.582. The number of allylic oxidation sites excluding steroid dienone is 2. The quantitative estimate of drug-likeness (QED) is 0.227. The number of rotatable bonds is 0. The van der Waals surface area contributed by atoms with E-state index < -0.39 is 21.0 Å². The highest BCUT2D eigenvalue weighted by atomic mass is 32.3.